The molecule has 0 amide bonds. The average molecular weight is 465 g/mol. The molecule has 30 heavy (non-hydrogen) atoms. The normalized spacial score (nSPS) is 15.3. The third-order valence-electron chi connectivity index (χ3n) is 3.47. The van der Waals surface area contributed by atoms with E-state index in [4.69, 9.17) is 17.5 Å². The fraction of sp³-hybridized carbons (Fsp3) is 0.750. The SMILES string of the molecule is CCCCN1C=CN(C)C1.CCCCN1C=CN(C)C1.F[B-](F)(F)F.O=S(=O)(O)O. The highest BCUT2D eigenvalue weighted by Gasteiger charge is 2.20. The van der Waals surface area contributed by atoms with Crippen LogP contribution < -0.4 is 0 Å². The summed E-state index contributed by atoms with van der Waals surface area (Å²) in [5.74, 6) is 0. The average Bonchev–Trinajstić information content (AvgIpc) is 3.16. The zero-order valence-corrected chi connectivity index (χ0v) is 18.8. The predicted molar refractivity (Wildman–Crippen MR) is 111 cm³/mol. The van der Waals surface area contributed by atoms with Crippen molar-refractivity contribution in [1.82, 2.24) is 19.6 Å². The maximum atomic E-state index is 9.75. The van der Waals surface area contributed by atoms with E-state index < -0.39 is 17.7 Å². The summed E-state index contributed by atoms with van der Waals surface area (Å²) in [5, 5.41) is 0. The molecule has 14 heteroatoms. The van der Waals surface area contributed by atoms with Gasteiger partial charge >= 0.3 is 17.7 Å². The molecule has 0 spiro atoms. The van der Waals surface area contributed by atoms with Gasteiger partial charge in [0.25, 0.3) is 0 Å². The van der Waals surface area contributed by atoms with Crippen molar-refractivity contribution in [3.8, 4) is 0 Å². The van der Waals surface area contributed by atoms with Gasteiger partial charge < -0.3 is 36.9 Å². The van der Waals surface area contributed by atoms with E-state index in [1.807, 2.05) is 0 Å². The maximum Gasteiger partial charge on any atom is 0.673 e. The number of hydrogen-bond acceptors (Lipinski definition) is 6. The van der Waals surface area contributed by atoms with Gasteiger partial charge in [-0.3, -0.25) is 9.11 Å². The summed E-state index contributed by atoms with van der Waals surface area (Å²) in [7, 11) is -6.47. The first-order chi connectivity index (χ1) is 13.7. The van der Waals surface area contributed by atoms with Crippen molar-refractivity contribution in [2.45, 2.75) is 39.5 Å². The van der Waals surface area contributed by atoms with Crippen LogP contribution in [-0.4, -0.2) is 84.9 Å². The lowest BCUT2D eigenvalue weighted by Gasteiger charge is -2.17. The molecular formula is C16H34BF4N4O4S-. The Balaban J connectivity index is 0. The van der Waals surface area contributed by atoms with Gasteiger partial charge in [-0.1, -0.05) is 26.7 Å². The highest BCUT2D eigenvalue weighted by molar-refractivity contribution is 7.79. The van der Waals surface area contributed by atoms with Crippen molar-refractivity contribution in [3.63, 3.8) is 0 Å². The van der Waals surface area contributed by atoms with E-state index in [1.54, 1.807) is 0 Å². The summed E-state index contributed by atoms with van der Waals surface area (Å²) in [6, 6.07) is 0. The number of hydrogen-bond donors (Lipinski definition) is 2. The van der Waals surface area contributed by atoms with Crippen LogP contribution in [0.5, 0.6) is 0 Å². The molecule has 0 aliphatic carbocycles. The van der Waals surface area contributed by atoms with Gasteiger partial charge in [-0.05, 0) is 12.8 Å². The Kier molecular flexibility index (Phi) is 16.4. The molecule has 0 fully saturated rings. The Morgan fingerprint density at radius 2 is 1.07 bits per heavy atom. The monoisotopic (exact) mass is 465 g/mol. The van der Waals surface area contributed by atoms with Crippen LogP contribution in [0.3, 0.4) is 0 Å². The summed E-state index contributed by atoms with van der Waals surface area (Å²) >= 11 is 0. The lowest BCUT2D eigenvalue weighted by molar-refractivity contribution is 0.293. The van der Waals surface area contributed by atoms with Crippen molar-refractivity contribution in [2.24, 2.45) is 0 Å². The smallest absolute Gasteiger partial charge is 0.418 e. The summed E-state index contributed by atoms with van der Waals surface area (Å²) in [4.78, 5) is 9.05. The molecule has 0 bridgehead atoms. The van der Waals surface area contributed by atoms with Crippen LogP contribution in [0.25, 0.3) is 0 Å². The van der Waals surface area contributed by atoms with Gasteiger partial charge in [0.05, 0.1) is 13.3 Å². The molecule has 2 aliphatic rings. The quantitative estimate of drug-likeness (QED) is 0.350. The lowest BCUT2D eigenvalue weighted by Crippen LogP contribution is -2.23. The molecule has 0 aromatic rings. The van der Waals surface area contributed by atoms with Gasteiger partial charge in [-0.2, -0.15) is 8.42 Å². The maximum absolute atomic E-state index is 9.75. The van der Waals surface area contributed by atoms with Crippen LogP contribution in [0.1, 0.15) is 39.5 Å². The standard InChI is InChI=1S/2C8H16N2.BF4.H2O4S/c2*1-3-4-5-10-7-6-9(2)8-10;2-1(3,4)5;1-5(2,3)4/h2*6-7H,3-5,8H2,1-2H3;;(H2,1,2,3,4)/q;;-1;. The van der Waals surface area contributed by atoms with Gasteiger partial charge in [0.1, 0.15) is 0 Å². The molecule has 0 saturated heterocycles. The van der Waals surface area contributed by atoms with Crippen LogP contribution in [-0.2, 0) is 10.4 Å². The van der Waals surface area contributed by atoms with Crippen LogP contribution in [0.15, 0.2) is 24.8 Å². The summed E-state index contributed by atoms with van der Waals surface area (Å²) in [6.45, 7) is 9.00. The van der Waals surface area contributed by atoms with E-state index in [2.05, 4.69) is 72.3 Å². The first-order valence-corrected chi connectivity index (χ1v) is 10.9. The molecule has 0 radical (unpaired) electrons. The van der Waals surface area contributed by atoms with Crippen LogP contribution in [0, 0.1) is 0 Å². The minimum absolute atomic E-state index is 1.07. The highest BCUT2D eigenvalue weighted by Crippen LogP contribution is 2.07. The molecule has 8 nitrogen and oxygen atoms in total. The molecule has 2 aliphatic heterocycles. The molecule has 2 rings (SSSR count). The number of halogens is 4. The highest BCUT2D eigenvalue weighted by atomic mass is 32.3. The minimum atomic E-state index is -6.00. The zero-order chi connectivity index (χ0) is 23.8. The zero-order valence-electron chi connectivity index (χ0n) is 18.0. The first kappa shape index (κ1) is 30.5. The molecule has 0 atom stereocenters. The second-order valence-corrected chi connectivity index (χ2v) is 7.56. The second kappa shape index (κ2) is 16.1. The first-order valence-electron chi connectivity index (χ1n) is 9.48. The molecule has 2 heterocycles. The van der Waals surface area contributed by atoms with Crippen LogP contribution in [0.2, 0.25) is 0 Å². The third kappa shape index (κ3) is 28.5. The summed E-state index contributed by atoms with van der Waals surface area (Å²) in [6.07, 6.45) is 13.7. The van der Waals surface area contributed by atoms with Crippen LogP contribution in [0.4, 0.5) is 17.3 Å². The Labute approximate surface area is 177 Å². The van der Waals surface area contributed by atoms with Gasteiger partial charge in [-0.15, -0.1) is 0 Å². The molecule has 0 unspecified atom stereocenters. The Morgan fingerprint density at radius 1 is 0.800 bits per heavy atom. The largest absolute Gasteiger partial charge is 0.673 e. The Bertz CT molecular complexity index is 550. The molecule has 0 aromatic carbocycles. The molecule has 180 valence electrons. The molecule has 0 saturated carbocycles. The molecule has 2 N–H and O–H groups in total. The number of nitrogens with zero attached hydrogens (tertiary/aromatic N) is 4. The van der Waals surface area contributed by atoms with Gasteiger partial charge in [0.15, 0.2) is 0 Å². The number of unbranched alkanes of at least 4 members (excludes halogenated alkanes) is 2. The third-order valence-corrected chi connectivity index (χ3v) is 3.47. The van der Waals surface area contributed by atoms with Crippen molar-refractivity contribution in [2.75, 3.05) is 40.5 Å². The predicted octanol–water partition coefficient (Wildman–Crippen LogP) is 3.57. The lowest BCUT2D eigenvalue weighted by atomic mass is 10.3. The summed E-state index contributed by atoms with van der Waals surface area (Å²) < 4.78 is 70.6. The van der Waals surface area contributed by atoms with E-state index in [-0.39, 0.29) is 0 Å². The fourth-order valence-electron chi connectivity index (χ4n) is 2.19. The van der Waals surface area contributed by atoms with E-state index >= 15 is 0 Å². The van der Waals surface area contributed by atoms with E-state index in [1.165, 1.54) is 38.8 Å². The minimum Gasteiger partial charge on any atom is -0.418 e. The van der Waals surface area contributed by atoms with E-state index in [9.17, 15) is 17.3 Å². The fourth-order valence-corrected chi connectivity index (χ4v) is 2.19. The van der Waals surface area contributed by atoms with E-state index in [0.29, 0.717) is 0 Å². The summed E-state index contributed by atoms with van der Waals surface area (Å²) in [5.41, 5.74) is 0. The van der Waals surface area contributed by atoms with Gasteiger partial charge in [0.2, 0.25) is 0 Å². The van der Waals surface area contributed by atoms with Crippen molar-refractivity contribution in [3.05, 3.63) is 24.8 Å². The van der Waals surface area contributed by atoms with Gasteiger partial charge in [-0.25, -0.2) is 0 Å². The Hall–Kier alpha value is -1.67. The topological polar surface area (TPSA) is 87.6 Å². The van der Waals surface area contributed by atoms with Crippen LogP contribution >= 0.6 is 0 Å². The van der Waals surface area contributed by atoms with Crippen molar-refractivity contribution < 1.29 is 34.8 Å². The number of rotatable bonds is 6. The Morgan fingerprint density at radius 3 is 1.23 bits per heavy atom. The second-order valence-electron chi connectivity index (χ2n) is 6.67. The van der Waals surface area contributed by atoms with Crippen molar-refractivity contribution in [1.29, 1.82) is 0 Å². The van der Waals surface area contributed by atoms with Crippen molar-refractivity contribution >= 4 is 17.7 Å². The van der Waals surface area contributed by atoms with Gasteiger partial charge in [0, 0.05) is 52.0 Å². The molecule has 0 aromatic heterocycles. The molecular weight excluding hydrogens is 431 g/mol. The van der Waals surface area contributed by atoms with E-state index in [0.717, 1.165) is 13.3 Å².